The van der Waals surface area contributed by atoms with E-state index in [1.807, 2.05) is 54.6 Å². The third-order valence-electron chi connectivity index (χ3n) is 4.24. The summed E-state index contributed by atoms with van der Waals surface area (Å²) in [6.07, 6.45) is 0. The Kier molecular flexibility index (Phi) is 6.95. The first-order valence-electron chi connectivity index (χ1n) is 9.21. The number of methoxy groups -OCH3 is 2. The number of anilines is 2. The van der Waals surface area contributed by atoms with Gasteiger partial charge < -0.3 is 24.8 Å². The molecule has 0 aliphatic rings. The third kappa shape index (κ3) is 5.65. The highest BCUT2D eigenvalue weighted by Crippen LogP contribution is 2.29. The molecule has 0 aliphatic carbocycles. The molecule has 0 radical (unpaired) electrons. The second-order valence-electron chi connectivity index (χ2n) is 6.24. The molecule has 6 heteroatoms. The summed E-state index contributed by atoms with van der Waals surface area (Å²) in [4.78, 5) is 12.4. The standard InChI is InChI=1S/C23H24N2O4/c1-27-18-12-13-21(28-2)20(14-18)25-23(26)15-24-19-10-6-7-11-22(19)29-16-17-8-4-3-5-9-17/h3-14,24H,15-16H2,1-2H3,(H,25,26). The summed E-state index contributed by atoms with van der Waals surface area (Å²) in [7, 11) is 3.12. The summed E-state index contributed by atoms with van der Waals surface area (Å²) < 4.78 is 16.4. The second-order valence-corrected chi connectivity index (χ2v) is 6.24. The highest BCUT2D eigenvalue weighted by molar-refractivity contribution is 5.95. The van der Waals surface area contributed by atoms with Crippen molar-refractivity contribution in [2.75, 3.05) is 31.4 Å². The third-order valence-corrected chi connectivity index (χ3v) is 4.24. The fourth-order valence-electron chi connectivity index (χ4n) is 2.76. The number of carbonyl (C=O) groups excluding carboxylic acids is 1. The summed E-state index contributed by atoms with van der Waals surface area (Å²) in [5.74, 6) is 1.66. The van der Waals surface area contributed by atoms with Crippen molar-refractivity contribution in [2.24, 2.45) is 0 Å². The van der Waals surface area contributed by atoms with Crippen LogP contribution in [0, 0.1) is 0 Å². The van der Waals surface area contributed by atoms with Crippen molar-refractivity contribution in [3.8, 4) is 17.2 Å². The topological polar surface area (TPSA) is 68.8 Å². The first-order chi connectivity index (χ1) is 14.2. The van der Waals surface area contributed by atoms with Crippen LogP contribution in [0.15, 0.2) is 72.8 Å². The lowest BCUT2D eigenvalue weighted by atomic mass is 10.2. The van der Waals surface area contributed by atoms with E-state index >= 15 is 0 Å². The summed E-state index contributed by atoms with van der Waals surface area (Å²) >= 11 is 0. The van der Waals surface area contributed by atoms with Crippen LogP contribution in [0.1, 0.15) is 5.56 Å². The number of hydrogen-bond donors (Lipinski definition) is 2. The summed E-state index contributed by atoms with van der Waals surface area (Å²) in [5, 5.41) is 5.96. The molecule has 0 spiro atoms. The lowest BCUT2D eigenvalue weighted by Crippen LogP contribution is -2.22. The average molecular weight is 392 g/mol. The molecule has 0 saturated heterocycles. The van der Waals surface area contributed by atoms with Gasteiger partial charge >= 0.3 is 0 Å². The van der Waals surface area contributed by atoms with Crippen molar-refractivity contribution in [3.05, 3.63) is 78.4 Å². The Balaban J connectivity index is 1.61. The highest BCUT2D eigenvalue weighted by Gasteiger charge is 2.10. The van der Waals surface area contributed by atoms with Gasteiger partial charge in [-0.15, -0.1) is 0 Å². The number of benzene rings is 3. The number of hydrogen-bond acceptors (Lipinski definition) is 5. The van der Waals surface area contributed by atoms with Crippen LogP contribution in [0.5, 0.6) is 17.2 Å². The SMILES string of the molecule is COc1ccc(OC)c(NC(=O)CNc2ccccc2OCc2ccccc2)c1. The van der Waals surface area contributed by atoms with Crippen molar-refractivity contribution < 1.29 is 19.0 Å². The van der Waals surface area contributed by atoms with Crippen LogP contribution in [0.3, 0.4) is 0 Å². The molecule has 150 valence electrons. The van der Waals surface area contributed by atoms with Crippen molar-refractivity contribution in [3.63, 3.8) is 0 Å². The molecule has 0 aromatic heterocycles. The lowest BCUT2D eigenvalue weighted by molar-refractivity contribution is -0.114. The van der Waals surface area contributed by atoms with Crippen LogP contribution in [-0.4, -0.2) is 26.7 Å². The van der Waals surface area contributed by atoms with Gasteiger partial charge in [-0.05, 0) is 29.8 Å². The normalized spacial score (nSPS) is 10.1. The maximum absolute atomic E-state index is 12.4. The Morgan fingerprint density at radius 1 is 0.828 bits per heavy atom. The number of para-hydroxylation sites is 2. The smallest absolute Gasteiger partial charge is 0.243 e. The van der Waals surface area contributed by atoms with Crippen molar-refractivity contribution in [1.82, 2.24) is 0 Å². The lowest BCUT2D eigenvalue weighted by Gasteiger charge is -2.14. The predicted molar refractivity (Wildman–Crippen MR) is 114 cm³/mol. The Bertz CT molecular complexity index is 945. The molecule has 0 saturated carbocycles. The van der Waals surface area contributed by atoms with Crippen LogP contribution in [-0.2, 0) is 11.4 Å². The minimum atomic E-state index is -0.214. The van der Waals surface area contributed by atoms with E-state index in [0.717, 1.165) is 11.3 Å². The maximum atomic E-state index is 12.4. The van der Waals surface area contributed by atoms with Crippen LogP contribution in [0.4, 0.5) is 11.4 Å². The highest BCUT2D eigenvalue weighted by atomic mass is 16.5. The molecule has 2 N–H and O–H groups in total. The summed E-state index contributed by atoms with van der Waals surface area (Å²) in [5.41, 5.74) is 2.37. The van der Waals surface area contributed by atoms with Gasteiger partial charge in [-0.2, -0.15) is 0 Å². The van der Waals surface area contributed by atoms with E-state index in [-0.39, 0.29) is 12.5 Å². The molecule has 0 heterocycles. The van der Waals surface area contributed by atoms with E-state index in [0.29, 0.717) is 29.5 Å². The molecule has 1 amide bonds. The molecule has 0 unspecified atom stereocenters. The zero-order valence-corrected chi connectivity index (χ0v) is 16.5. The molecule has 0 atom stereocenters. The molecule has 0 aliphatic heterocycles. The number of amides is 1. The Labute approximate surface area is 170 Å². The predicted octanol–water partition coefficient (Wildman–Crippen LogP) is 4.33. The van der Waals surface area contributed by atoms with Crippen molar-refractivity contribution in [2.45, 2.75) is 6.61 Å². The fourth-order valence-corrected chi connectivity index (χ4v) is 2.76. The molecular weight excluding hydrogens is 368 g/mol. The second kappa shape index (κ2) is 10.0. The monoisotopic (exact) mass is 392 g/mol. The van der Waals surface area contributed by atoms with Gasteiger partial charge in [-0.1, -0.05) is 42.5 Å². The van der Waals surface area contributed by atoms with Crippen LogP contribution >= 0.6 is 0 Å². The number of nitrogens with one attached hydrogen (secondary N) is 2. The van der Waals surface area contributed by atoms with E-state index < -0.39 is 0 Å². The molecular formula is C23H24N2O4. The number of ether oxygens (including phenoxy) is 3. The minimum absolute atomic E-state index is 0.0755. The van der Waals surface area contributed by atoms with E-state index in [1.54, 1.807) is 32.4 Å². The first-order valence-corrected chi connectivity index (χ1v) is 9.21. The van der Waals surface area contributed by atoms with Crippen molar-refractivity contribution in [1.29, 1.82) is 0 Å². The van der Waals surface area contributed by atoms with Crippen LogP contribution in [0.2, 0.25) is 0 Å². The molecule has 29 heavy (non-hydrogen) atoms. The van der Waals surface area contributed by atoms with E-state index in [2.05, 4.69) is 10.6 Å². The molecule has 6 nitrogen and oxygen atoms in total. The molecule has 3 rings (SSSR count). The Hall–Kier alpha value is -3.67. The fraction of sp³-hybridized carbons (Fsp3) is 0.174. The van der Waals surface area contributed by atoms with E-state index in [9.17, 15) is 4.79 Å². The molecule has 0 fully saturated rings. The number of carbonyl (C=O) groups is 1. The Morgan fingerprint density at radius 2 is 1.59 bits per heavy atom. The van der Waals surface area contributed by atoms with E-state index in [4.69, 9.17) is 14.2 Å². The minimum Gasteiger partial charge on any atom is -0.497 e. The van der Waals surface area contributed by atoms with Gasteiger partial charge in [-0.3, -0.25) is 4.79 Å². The van der Waals surface area contributed by atoms with Gasteiger partial charge in [0, 0.05) is 6.07 Å². The summed E-state index contributed by atoms with van der Waals surface area (Å²) in [6, 6.07) is 22.7. The first kappa shape index (κ1) is 20.1. The van der Waals surface area contributed by atoms with Crippen LogP contribution < -0.4 is 24.8 Å². The molecule has 0 bridgehead atoms. The van der Waals surface area contributed by atoms with Gasteiger partial charge in [-0.25, -0.2) is 0 Å². The number of rotatable bonds is 9. The van der Waals surface area contributed by atoms with Gasteiger partial charge in [0.2, 0.25) is 5.91 Å². The average Bonchev–Trinajstić information content (AvgIpc) is 2.77. The van der Waals surface area contributed by atoms with Gasteiger partial charge in [0.25, 0.3) is 0 Å². The van der Waals surface area contributed by atoms with Gasteiger partial charge in [0.1, 0.15) is 23.9 Å². The maximum Gasteiger partial charge on any atom is 0.243 e. The van der Waals surface area contributed by atoms with Crippen molar-refractivity contribution >= 4 is 17.3 Å². The van der Waals surface area contributed by atoms with Gasteiger partial charge in [0.05, 0.1) is 32.1 Å². The largest absolute Gasteiger partial charge is 0.497 e. The molecule has 3 aromatic rings. The molecule has 3 aromatic carbocycles. The van der Waals surface area contributed by atoms with Gasteiger partial charge in [0.15, 0.2) is 0 Å². The summed E-state index contributed by atoms with van der Waals surface area (Å²) in [6.45, 7) is 0.527. The quantitative estimate of drug-likeness (QED) is 0.567. The Morgan fingerprint density at radius 3 is 2.34 bits per heavy atom. The van der Waals surface area contributed by atoms with E-state index in [1.165, 1.54) is 0 Å². The zero-order chi connectivity index (χ0) is 20.5. The van der Waals surface area contributed by atoms with Crippen LogP contribution in [0.25, 0.3) is 0 Å². The zero-order valence-electron chi connectivity index (χ0n) is 16.5.